The average molecular weight is 260 g/mol. The smallest absolute Gasteiger partial charge is 0.0623 e. The van der Waals surface area contributed by atoms with Gasteiger partial charge in [0.1, 0.15) is 0 Å². The molecule has 18 heavy (non-hydrogen) atoms. The van der Waals surface area contributed by atoms with Gasteiger partial charge in [-0.3, -0.25) is 4.90 Å². The SMILES string of the molecule is CCCNC(C)(CO)CN(CCOC)CC(C)C. The Balaban J connectivity index is 4.38. The minimum absolute atomic E-state index is 0.161. The fourth-order valence-corrected chi connectivity index (χ4v) is 2.05. The third kappa shape index (κ3) is 8.03. The van der Waals surface area contributed by atoms with Crippen LogP contribution in [0.1, 0.15) is 34.1 Å². The minimum Gasteiger partial charge on any atom is -0.394 e. The van der Waals surface area contributed by atoms with Gasteiger partial charge in [-0.15, -0.1) is 0 Å². The summed E-state index contributed by atoms with van der Waals surface area (Å²) in [5.41, 5.74) is -0.224. The number of rotatable bonds is 11. The molecule has 4 heteroatoms. The Bertz CT molecular complexity index is 200. The number of ether oxygens (including phenoxy) is 1. The summed E-state index contributed by atoms with van der Waals surface area (Å²) in [6, 6.07) is 0. The summed E-state index contributed by atoms with van der Waals surface area (Å²) in [6.07, 6.45) is 1.08. The molecule has 0 aliphatic heterocycles. The molecule has 2 N–H and O–H groups in total. The summed E-state index contributed by atoms with van der Waals surface area (Å²) in [6.45, 7) is 13.3. The van der Waals surface area contributed by atoms with Gasteiger partial charge in [-0.05, 0) is 25.8 Å². The van der Waals surface area contributed by atoms with Crippen molar-refractivity contribution in [3.63, 3.8) is 0 Å². The van der Waals surface area contributed by atoms with E-state index in [0.717, 1.165) is 39.2 Å². The number of nitrogens with zero attached hydrogens (tertiary/aromatic N) is 1. The Morgan fingerprint density at radius 1 is 1.39 bits per heavy atom. The predicted molar refractivity (Wildman–Crippen MR) is 76.9 cm³/mol. The molecule has 0 aromatic heterocycles. The predicted octanol–water partition coefficient (Wildman–Crippen LogP) is 1.34. The van der Waals surface area contributed by atoms with E-state index in [1.807, 2.05) is 0 Å². The molecule has 0 aromatic rings. The molecule has 4 nitrogen and oxygen atoms in total. The molecule has 0 aliphatic carbocycles. The summed E-state index contributed by atoms with van der Waals surface area (Å²) in [5.74, 6) is 0.621. The molecule has 0 amide bonds. The van der Waals surface area contributed by atoms with E-state index in [1.54, 1.807) is 7.11 Å². The Morgan fingerprint density at radius 3 is 2.50 bits per heavy atom. The zero-order valence-electron chi connectivity index (χ0n) is 12.8. The van der Waals surface area contributed by atoms with Gasteiger partial charge in [0.05, 0.1) is 18.8 Å². The number of hydrogen-bond acceptors (Lipinski definition) is 4. The van der Waals surface area contributed by atoms with Crippen molar-refractivity contribution in [2.24, 2.45) is 5.92 Å². The third-order valence-electron chi connectivity index (χ3n) is 2.96. The van der Waals surface area contributed by atoms with E-state index in [2.05, 4.69) is 37.9 Å². The van der Waals surface area contributed by atoms with Gasteiger partial charge in [0, 0.05) is 26.7 Å². The van der Waals surface area contributed by atoms with Gasteiger partial charge >= 0.3 is 0 Å². The van der Waals surface area contributed by atoms with Crippen molar-refractivity contribution in [3.05, 3.63) is 0 Å². The van der Waals surface area contributed by atoms with Crippen LogP contribution in [0.5, 0.6) is 0 Å². The normalized spacial score (nSPS) is 15.3. The number of aliphatic hydroxyl groups excluding tert-OH is 1. The molecule has 0 aromatic carbocycles. The lowest BCUT2D eigenvalue weighted by molar-refractivity contribution is 0.0884. The van der Waals surface area contributed by atoms with Gasteiger partial charge in [0.15, 0.2) is 0 Å². The lowest BCUT2D eigenvalue weighted by Crippen LogP contribution is -2.55. The molecule has 0 saturated heterocycles. The Labute approximate surface area is 113 Å². The Kier molecular flexibility index (Phi) is 9.64. The van der Waals surface area contributed by atoms with E-state index in [9.17, 15) is 5.11 Å². The van der Waals surface area contributed by atoms with E-state index in [-0.39, 0.29) is 12.1 Å². The number of aliphatic hydroxyl groups is 1. The van der Waals surface area contributed by atoms with E-state index >= 15 is 0 Å². The van der Waals surface area contributed by atoms with Crippen LogP contribution in [0.4, 0.5) is 0 Å². The van der Waals surface area contributed by atoms with E-state index in [0.29, 0.717) is 5.92 Å². The van der Waals surface area contributed by atoms with E-state index < -0.39 is 0 Å². The van der Waals surface area contributed by atoms with Crippen LogP contribution in [0, 0.1) is 5.92 Å². The maximum Gasteiger partial charge on any atom is 0.0623 e. The van der Waals surface area contributed by atoms with Crippen LogP contribution in [0.25, 0.3) is 0 Å². The monoisotopic (exact) mass is 260 g/mol. The molecular weight excluding hydrogens is 228 g/mol. The van der Waals surface area contributed by atoms with Crippen molar-refractivity contribution in [2.45, 2.75) is 39.7 Å². The molecule has 1 unspecified atom stereocenters. The van der Waals surface area contributed by atoms with Crippen molar-refractivity contribution >= 4 is 0 Å². The number of nitrogens with one attached hydrogen (secondary N) is 1. The van der Waals surface area contributed by atoms with E-state index in [4.69, 9.17) is 4.74 Å². The highest BCUT2D eigenvalue weighted by Crippen LogP contribution is 2.09. The molecule has 0 radical (unpaired) electrons. The van der Waals surface area contributed by atoms with Crippen molar-refractivity contribution in [3.8, 4) is 0 Å². The first kappa shape index (κ1) is 17.8. The molecular formula is C14H32N2O2. The number of methoxy groups -OCH3 is 1. The first-order chi connectivity index (χ1) is 8.47. The lowest BCUT2D eigenvalue weighted by Gasteiger charge is -2.36. The maximum absolute atomic E-state index is 9.60. The molecule has 110 valence electrons. The number of hydrogen-bond donors (Lipinski definition) is 2. The molecule has 1 atom stereocenters. The Hall–Kier alpha value is -0.160. The minimum atomic E-state index is -0.224. The van der Waals surface area contributed by atoms with Gasteiger partial charge in [0.2, 0.25) is 0 Å². The van der Waals surface area contributed by atoms with Crippen LogP contribution in [0.15, 0.2) is 0 Å². The van der Waals surface area contributed by atoms with Gasteiger partial charge in [-0.25, -0.2) is 0 Å². The van der Waals surface area contributed by atoms with Crippen LogP contribution in [-0.2, 0) is 4.74 Å². The molecule has 0 spiro atoms. The highest BCUT2D eigenvalue weighted by atomic mass is 16.5. The highest BCUT2D eigenvalue weighted by molar-refractivity contribution is 4.86. The van der Waals surface area contributed by atoms with Crippen LogP contribution < -0.4 is 5.32 Å². The van der Waals surface area contributed by atoms with Crippen molar-refractivity contribution in [1.82, 2.24) is 10.2 Å². The molecule has 0 fully saturated rings. The second-order valence-electron chi connectivity index (χ2n) is 5.77. The van der Waals surface area contributed by atoms with Crippen LogP contribution >= 0.6 is 0 Å². The van der Waals surface area contributed by atoms with Gasteiger partial charge < -0.3 is 15.2 Å². The highest BCUT2D eigenvalue weighted by Gasteiger charge is 2.25. The van der Waals surface area contributed by atoms with Gasteiger partial charge in [0.25, 0.3) is 0 Å². The summed E-state index contributed by atoms with van der Waals surface area (Å²) >= 11 is 0. The van der Waals surface area contributed by atoms with Crippen LogP contribution in [0.2, 0.25) is 0 Å². The zero-order chi connectivity index (χ0) is 14.0. The molecule has 0 bridgehead atoms. The summed E-state index contributed by atoms with van der Waals surface area (Å²) in [5, 5.41) is 13.0. The molecule has 0 rings (SSSR count). The summed E-state index contributed by atoms with van der Waals surface area (Å²) in [4.78, 5) is 2.37. The first-order valence-electron chi connectivity index (χ1n) is 7.04. The van der Waals surface area contributed by atoms with Crippen LogP contribution in [-0.4, -0.2) is 62.0 Å². The lowest BCUT2D eigenvalue weighted by atomic mass is 10.0. The maximum atomic E-state index is 9.60. The molecule has 0 heterocycles. The van der Waals surface area contributed by atoms with Crippen molar-refractivity contribution < 1.29 is 9.84 Å². The summed E-state index contributed by atoms with van der Waals surface area (Å²) in [7, 11) is 1.73. The van der Waals surface area contributed by atoms with Crippen molar-refractivity contribution in [1.29, 1.82) is 0 Å². The fourth-order valence-electron chi connectivity index (χ4n) is 2.05. The van der Waals surface area contributed by atoms with Crippen LogP contribution in [0.3, 0.4) is 0 Å². The largest absolute Gasteiger partial charge is 0.394 e. The quantitative estimate of drug-likeness (QED) is 0.588. The fraction of sp³-hybridized carbons (Fsp3) is 1.00. The van der Waals surface area contributed by atoms with Crippen molar-refractivity contribution in [2.75, 3.05) is 46.5 Å². The first-order valence-corrected chi connectivity index (χ1v) is 7.04. The van der Waals surface area contributed by atoms with E-state index in [1.165, 1.54) is 0 Å². The molecule has 0 aliphatic rings. The average Bonchev–Trinajstić information content (AvgIpc) is 2.33. The third-order valence-corrected chi connectivity index (χ3v) is 2.96. The van der Waals surface area contributed by atoms with Gasteiger partial charge in [-0.2, -0.15) is 0 Å². The summed E-state index contributed by atoms with van der Waals surface area (Å²) < 4.78 is 5.16. The zero-order valence-corrected chi connectivity index (χ0v) is 12.8. The van der Waals surface area contributed by atoms with Gasteiger partial charge in [-0.1, -0.05) is 20.8 Å². The second-order valence-corrected chi connectivity index (χ2v) is 5.77. The second kappa shape index (κ2) is 9.73. The molecule has 0 saturated carbocycles. The topological polar surface area (TPSA) is 44.7 Å². The Morgan fingerprint density at radius 2 is 2.06 bits per heavy atom. The standard InChI is InChI=1S/C14H32N2O2/c1-6-7-15-14(4,12-17)11-16(8-9-18-5)10-13(2)3/h13,15,17H,6-12H2,1-5H3.